The Balaban J connectivity index is 2.71. The van der Waals surface area contributed by atoms with E-state index in [4.69, 9.17) is 0 Å². The Morgan fingerprint density at radius 1 is 1.33 bits per heavy atom. The third-order valence-corrected chi connectivity index (χ3v) is 3.69. The topological polar surface area (TPSA) is 71.1 Å². The molecule has 18 heavy (non-hydrogen) atoms. The molecule has 1 aromatic heterocycles. The molecule has 0 bridgehead atoms. The zero-order valence-corrected chi connectivity index (χ0v) is 11.9. The molecule has 1 aromatic rings. The average molecular weight is 271 g/mol. The Labute approximate surface area is 109 Å². The maximum absolute atomic E-state index is 11.9. The van der Waals surface area contributed by atoms with E-state index in [-0.39, 0.29) is 10.8 Å². The van der Waals surface area contributed by atoms with Crippen molar-refractivity contribution < 1.29 is 8.42 Å². The van der Waals surface area contributed by atoms with Crippen LogP contribution in [0.5, 0.6) is 0 Å². The van der Waals surface area contributed by atoms with E-state index < -0.39 is 10.0 Å². The van der Waals surface area contributed by atoms with E-state index in [9.17, 15) is 8.42 Å². The van der Waals surface area contributed by atoms with Crippen molar-refractivity contribution in [2.45, 2.75) is 32.1 Å². The Morgan fingerprint density at radius 2 is 2.06 bits per heavy atom. The van der Waals surface area contributed by atoms with Gasteiger partial charge in [0.15, 0.2) is 0 Å². The van der Waals surface area contributed by atoms with Crippen LogP contribution in [-0.4, -0.2) is 26.5 Å². The third kappa shape index (κ3) is 4.62. The minimum absolute atomic E-state index is 0.199. The molecule has 0 aliphatic rings. The summed E-state index contributed by atoms with van der Waals surface area (Å²) in [6.07, 6.45) is 2.37. The number of anilines is 1. The van der Waals surface area contributed by atoms with Crippen molar-refractivity contribution in [2.75, 3.05) is 18.4 Å². The zero-order valence-electron chi connectivity index (χ0n) is 11.1. The first-order chi connectivity index (χ1) is 8.45. The van der Waals surface area contributed by atoms with E-state index in [0.717, 1.165) is 13.0 Å². The lowest BCUT2D eigenvalue weighted by atomic mass is 10.2. The van der Waals surface area contributed by atoms with Gasteiger partial charge in [0.25, 0.3) is 0 Å². The summed E-state index contributed by atoms with van der Waals surface area (Å²) < 4.78 is 26.3. The van der Waals surface area contributed by atoms with E-state index in [1.54, 1.807) is 12.1 Å². The summed E-state index contributed by atoms with van der Waals surface area (Å²) in [6, 6.07) is 3.24. The molecular weight excluding hydrogens is 250 g/mol. The molecule has 102 valence electrons. The van der Waals surface area contributed by atoms with Crippen LogP contribution in [0.1, 0.15) is 27.2 Å². The molecular formula is C12H21N3O2S. The van der Waals surface area contributed by atoms with Crippen LogP contribution in [0.15, 0.2) is 23.2 Å². The van der Waals surface area contributed by atoms with Crippen LogP contribution < -0.4 is 10.0 Å². The second kappa shape index (κ2) is 6.70. The summed E-state index contributed by atoms with van der Waals surface area (Å²) in [5.74, 6) is 0.970. The molecule has 5 nitrogen and oxygen atoms in total. The van der Waals surface area contributed by atoms with Crippen molar-refractivity contribution in [2.24, 2.45) is 5.92 Å². The first-order valence-corrected chi connectivity index (χ1v) is 7.63. The Morgan fingerprint density at radius 3 is 2.56 bits per heavy atom. The van der Waals surface area contributed by atoms with Crippen LogP contribution >= 0.6 is 0 Å². The Bertz CT molecular complexity index is 455. The van der Waals surface area contributed by atoms with Crippen molar-refractivity contribution in [1.82, 2.24) is 9.71 Å². The summed E-state index contributed by atoms with van der Waals surface area (Å²) in [5.41, 5.74) is 0. The molecule has 6 heteroatoms. The van der Waals surface area contributed by atoms with E-state index >= 15 is 0 Å². The highest BCUT2D eigenvalue weighted by Crippen LogP contribution is 2.10. The molecule has 0 aliphatic carbocycles. The van der Waals surface area contributed by atoms with E-state index in [2.05, 4.69) is 21.9 Å². The highest BCUT2D eigenvalue weighted by Gasteiger charge is 2.14. The molecule has 1 heterocycles. The molecule has 0 aliphatic heterocycles. The number of hydrogen-bond acceptors (Lipinski definition) is 4. The Hall–Kier alpha value is -1.14. The fourth-order valence-electron chi connectivity index (χ4n) is 1.26. The molecule has 0 saturated carbocycles. The van der Waals surface area contributed by atoms with Crippen molar-refractivity contribution >= 4 is 15.8 Å². The van der Waals surface area contributed by atoms with Crippen LogP contribution in [0.2, 0.25) is 0 Å². The lowest BCUT2D eigenvalue weighted by molar-refractivity contribution is 0.560. The highest BCUT2D eigenvalue weighted by atomic mass is 32.2. The van der Waals surface area contributed by atoms with Gasteiger partial charge in [-0.15, -0.1) is 0 Å². The number of hydrogen-bond donors (Lipinski definition) is 2. The van der Waals surface area contributed by atoms with Gasteiger partial charge < -0.3 is 5.32 Å². The van der Waals surface area contributed by atoms with Crippen LogP contribution in [-0.2, 0) is 10.0 Å². The van der Waals surface area contributed by atoms with Crippen molar-refractivity contribution in [3.63, 3.8) is 0 Å². The summed E-state index contributed by atoms with van der Waals surface area (Å²) in [5, 5.41) is 3.10. The van der Waals surface area contributed by atoms with Crippen LogP contribution in [0, 0.1) is 5.92 Å². The van der Waals surface area contributed by atoms with Gasteiger partial charge in [-0.25, -0.2) is 18.1 Å². The minimum Gasteiger partial charge on any atom is -0.370 e. The van der Waals surface area contributed by atoms with Crippen molar-refractivity contribution in [3.05, 3.63) is 18.3 Å². The monoisotopic (exact) mass is 271 g/mol. The number of nitrogens with zero attached hydrogens (tertiary/aromatic N) is 1. The zero-order chi connectivity index (χ0) is 13.6. The predicted molar refractivity (Wildman–Crippen MR) is 73.0 cm³/mol. The van der Waals surface area contributed by atoms with Crippen LogP contribution in [0.25, 0.3) is 0 Å². The summed E-state index contributed by atoms with van der Waals surface area (Å²) in [6.45, 7) is 7.22. The lowest BCUT2D eigenvalue weighted by Gasteiger charge is -2.09. The number of rotatable bonds is 7. The molecule has 0 aromatic carbocycles. The second-order valence-electron chi connectivity index (χ2n) is 4.55. The highest BCUT2D eigenvalue weighted by molar-refractivity contribution is 7.89. The minimum atomic E-state index is -3.43. The van der Waals surface area contributed by atoms with Gasteiger partial charge in [0, 0.05) is 19.3 Å². The summed E-state index contributed by atoms with van der Waals surface area (Å²) in [7, 11) is -3.43. The normalized spacial score (nSPS) is 11.8. The third-order valence-electron chi connectivity index (χ3n) is 2.28. The quantitative estimate of drug-likeness (QED) is 0.794. The summed E-state index contributed by atoms with van der Waals surface area (Å²) in [4.78, 5) is 4.28. The SMILES string of the molecule is CCCNc1ccc(S(=O)(=O)NCC(C)C)cn1. The van der Waals surface area contributed by atoms with Gasteiger partial charge in [0.1, 0.15) is 10.7 Å². The fraction of sp³-hybridized carbons (Fsp3) is 0.583. The predicted octanol–water partition coefficient (Wildman–Crippen LogP) is 1.84. The van der Waals surface area contributed by atoms with E-state index in [1.807, 2.05) is 13.8 Å². The number of sulfonamides is 1. The average Bonchev–Trinajstić information content (AvgIpc) is 2.34. The van der Waals surface area contributed by atoms with Gasteiger partial charge in [0.05, 0.1) is 0 Å². The standard InChI is InChI=1S/C12H21N3O2S/c1-4-7-13-12-6-5-11(9-14-12)18(16,17)15-8-10(2)3/h5-6,9-10,15H,4,7-8H2,1-3H3,(H,13,14). The van der Waals surface area contributed by atoms with Gasteiger partial charge >= 0.3 is 0 Å². The maximum Gasteiger partial charge on any atom is 0.242 e. The lowest BCUT2D eigenvalue weighted by Crippen LogP contribution is -2.27. The Kier molecular flexibility index (Phi) is 5.55. The fourth-order valence-corrected chi connectivity index (χ4v) is 2.41. The molecule has 1 rings (SSSR count). The summed E-state index contributed by atoms with van der Waals surface area (Å²) >= 11 is 0. The molecule has 0 amide bonds. The van der Waals surface area contributed by atoms with Crippen LogP contribution in [0.4, 0.5) is 5.82 Å². The maximum atomic E-state index is 11.9. The molecule has 2 N–H and O–H groups in total. The molecule has 0 radical (unpaired) electrons. The largest absolute Gasteiger partial charge is 0.370 e. The molecule has 0 unspecified atom stereocenters. The van der Waals surface area contributed by atoms with Crippen LogP contribution in [0.3, 0.4) is 0 Å². The number of aromatic nitrogens is 1. The van der Waals surface area contributed by atoms with Crippen molar-refractivity contribution in [3.8, 4) is 0 Å². The number of pyridine rings is 1. The van der Waals surface area contributed by atoms with Gasteiger partial charge in [-0.1, -0.05) is 20.8 Å². The van der Waals surface area contributed by atoms with Gasteiger partial charge in [-0.2, -0.15) is 0 Å². The molecule has 0 atom stereocenters. The van der Waals surface area contributed by atoms with Crippen molar-refractivity contribution in [1.29, 1.82) is 0 Å². The van der Waals surface area contributed by atoms with E-state index in [0.29, 0.717) is 12.4 Å². The number of nitrogens with one attached hydrogen (secondary N) is 2. The molecule has 0 fully saturated rings. The first-order valence-electron chi connectivity index (χ1n) is 6.15. The first kappa shape index (κ1) is 14.9. The smallest absolute Gasteiger partial charge is 0.242 e. The second-order valence-corrected chi connectivity index (χ2v) is 6.32. The molecule has 0 spiro atoms. The van der Waals surface area contributed by atoms with Gasteiger partial charge in [-0.05, 0) is 24.5 Å². The molecule has 0 saturated heterocycles. The van der Waals surface area contributed by atoms with Gasteiger partial charge in [0.2, 0.25) is 10.0 Å². The van der Waals surface area contributed by atoms with Gasteiger partial charge in [-0.3, -0.25) is 0 Å². The van der Waals surface area contributed by atoms with E-state index in [1.165, 1.54) is 6.20 Å².